The van der Waals surface area contributed by atoms with E-state index in [1.165, 1.54) is 4.90 Å². The highest BCUT2D eigenvalue weighted by molar-refractivity contribution is 8.00. The molecular formula is C12H20N2O4S. The fraction of sp³-hybridized carbons (Fsp3) is 0.833. The van der Waals surface area contributed by atoms with Crippen LogP contribution < -0.4 is 0 Å². The first-order chi connectivity index (χ1) is 8.88. The molecule has 2 fully saturated rings. The van der Waals surface area contributed by atoms with E-state index in [-0.39, 0.29) is 19.0 Å². The number of urea groups is 1. The van der Waals surface area contributed by atoms with Gasteiger partial charge in [-0.15, -0.1) is 0 Å². The summed E-state index contributed by atoms with van der Waals surface area (Å²) in [7, 11) is 0. The minimum atomic E-state index is -1.04. The van der Waals surface area contributed by atoms with Crippen LogP contribution in [0.5, 0.6) is 0 Å². The van der Waals surface area contributed by atoms with Crippen LogP contribution in [0, 0.1) is 0 Å². The second-order valence-corrected chi connectivity index (χ2v) is 7.22. The van der Waals surface area contributed by atoms with E-state index >= 15 is 0 Å². The summed E-state index contributed by atoms with van der Waals surface area (Å²) in [6.07, 6.45) is -0.617. The largest absolute Gasteiger partial charge is 0.480 e. The molecule has 0 aromatic rings. The molecule has 2 heterocycles. The van der Waals surface area contributed by atoms with Crippen LogP contribution in [0.2, 0.25) is 0 Å². The molecule has 0 bridgehead atoms. The molecule has 0 aromatic heterocycles. The quantitative estimate of drug-likeness (QED) is 0.732. The van der Waals surface area contributed by atoms with Gasteiger partial charge in [0.05, 0.1) is 6.10 Å². The maximum Gasteiger partial charge on any atom is 0.326 e. The summed E-state index contributed by atoms with van der Waals surface area (Å²) in [6.45, 7) is 5.50. The van der Waals surface area contributed by atoms with Crippen LogP contribution >= 0.6 is 11.8 Å². The van der Waals surface area contributed by atoms with Gasteiger partial charge in [-0.05, 0) is 0 Å². The summed E-state index contributed by atoms with van der Waals surface area (Å²) in [5.74, 6) is -1.04. The van der Waals surface area contributed by atoms with E-state index in [0.717, 1.165) is 0 Å². The molecule has 2 saturated heterocycles. The van der Waals surface area contributed by atoms with E-state index in [2.05, 4.69) is 13.8 Å². The van der Waals surface area contributed by atoms with Gasteiger partial charge < -0.3 is 20.0 Å². The summed E-state index contributed by atoms with van der Waals surface area (Å²) in [5, 5.41) is 19.4. The van der Waals surface area contributed by atoms with Crippen LogP contribution in [-0.4, -0.2) is 74.3 Å². The summed E-state index contributed by atoms with van der Waals surface area (Å²) < 4.78 is 0. The van der Waals surface area contributed by atoms with Crippen LogP contribution in [0.25, 0.3) is 0 Å². The van der Waals surface area contributed by atoms with Crippen molar-refractivity contribution in [3.63, 3.8) is 0 Å². The van der Waals surface area contributed by atoms with Gasteiger partial charge in [-0.25, -0.2) is 9.59 Å². The second-order valence-electron chi connectivity index (χ2n) is 5.34. The van der Waals surface area contributed by atoms with Crippen molar-refractivity contribution in [3.05, 3.63) is 0 Å². The Morgan fingerprint density at radius 1 is 1.16 bits per heavy atom. The van der Waals surface area contributed by atoms with E-state index in [9.17, 15) is 14.7 Å². The Bertz CT molecular complexity index is 369. The standard InChI is InChI=1S/C12H20N2O4S/c1-7-4-13(5-8(2)19-7)12(18)14-6-9(15)3-10(14)11(16)17/h7-10,15H,3-6H2,1-2H3,(H,16,17)/t7?,8?,9-,10+/m1/s1. The Morgan fingerprint density at radius 2 is 1.74 bits per heavy atom. The summed E-state index contributed by atoms with van der Waals surface area (Å²) >= 11 is 1.83. The van der Waals surface area contributed by atoms with E-state index in [0.29, 0.717) is 23.6 Å². The van der Waals surface area contributed by atoms with E-state index < -0.39 is 18.1 Å². The van der Waals surface area contributed by atoms with Crippen LogP contribution in [0.15, 0.2) is 0 Å². The number of amides is 2. The molecule has 6 nitrogen and oxygen atoms in total. The highest BCUT2D eigenvalue weighted by Crippen LogP contribution is 2.27. The highest BCUT2D eigenvalue weighted by atomic mass is 32.2. The average molecular weight is 288 g/mol. The van der Waals surface area contributed by atoms with Crippen molar-refractivity contribution < 1.29 is 19.8 Å². The van der Waals surface area contributed by atoms with Gasteiger partial charge in [0.2, 0.25) is 0 Å². The number of aliphatic hydroxyl groups is 1. The summed E-state index contributed by atoms with van der Waals surface area (Å²) in [6, 6.07) is -1.16. The number of carboxylic acids is 1. The zero-order valence-corrected chi connectivity index (χ0v) is 12.0. The smallest absolute Gasteiger partial charge is 0.326 e. The molecular weight excluding hydrogens is 268 g/mol. The molecule has 0 spiro atoms. The van der Waals surface area contributed by atoms with Crippen molar-refractivity contribution in [2.75, 3.05) is 19.6 Å². The van der Waals surface area contributed by atoms with Crippen molar-refractivity contribution >= 4 is 23.8 Å². The number of carboxylic acid groups (broad SMARTS) is 1. The van der Waals surface area contributed by atoms with Gasteiger partial charge in [0.1, 0.15) is 6.04 Å². The van der Waals surface area contributed by atoms with Gasteiger partial charge in [-0.3, -0.25) is 0 Å². The lowest BCUT2D eigenvalue weighted by molar-refractivity contribution is -0.141. The lowest BCUT2D eigenvalue weighted by atomic mass is 10.2. The van der Waals surface area contributed by atoms with Crippen molar-refractivity contribution in [2.45, 2.75) is 42.9 Å². The molecule has 0 saturated carbocycles. The molecule has 0 aliphatic carbocycles. The fourth-order valence-electron chi connectivity index (χ4n) is 2.78. The van der Waals surface area contributed by atoms with Crippen molar-refractivity contribution in [1.29, 1.82) is 0 Å². The Balaban J connectivity index is 2.07. The molecule has 0 aromatic carbocycles. The first-order valence-corrected chi connectivity index (χ1v) is 7.44. The van der Waals surface area contributed by atoms with E-state index in [1.54, 1.807) is 4.90 Å². The van der Waals surface area contributed by atoms with Gasteiger partial charge in [-0.2, -0.15) is 11.8 Å². The Hall–Kier alpha value is -0.950. The lowest BCUT2D eigenvalue weighted by Crippen LogP contribution is -2.52. The number of thioether (sulfide) groups is 1. The number of aliphatic hydroxyl groups excluding tert-OH is 1. The number of rotatable bonds is 1. The highest BCUT2D eigenvalue weighted by Gasteiger charge is 2.41. The molecule has 2 N–H and O–H groups in total. The first-order valence-electron chi connectivity index (χ1n) is 6.50. The van der Waals surface area contributed by atoms with E-state index in [4.69, 9.17) is 5.11 Å². The Labute approximate surface area is 116 Å². The predicted molar refractivity (Wildman–Crippen MR) is 72.2 cm³/mol. The number of nitrogens with zero attached hydrogens (tertiary/aromatic N) is 2. The molecule has 0 radical (unpaired) electrons. The van der Waals surface area contributed by atoms with Crippen molar-refractivity contribution in [1.82, 2.24) is 9.80 Å². The van der Waals surface area contributed by atoms with Crippen LogP contribution in [0.4, 0.5) is 4.79 Å². The average Bonchev–Trinajstić information content (AvgIpc) is 2.69. The predicted octanol–water partition coefficient (Wildman–Crippen LogP) is 0.452. The maximum atomic E-state index is 12.4. The second kappa shape index (κ2) is 5.58. The first kappa shape index (κ1) is 14.5. The Kier molecular flexibility index (Phi) is 4.25. The van der Waals surface area contributed by atoms with Crippen molar-refractivity contribution in [3.8, 4) is 0 Å². The third kappa shape index (κ3) is 3.14. The SMILES string of the molecule is CC1CN(C(=O)N2C[C@H](O)C[C@H]2C(=O)O)CC(C)S1. The molecule has 108 valence electrons. The van der Waals surface area contributed by atoms with Crippen LogP contribution in [-0.2, 0) is 4.79 Å². The van der Waals surface area contributed by atoms with Gasteiger partial charge in [0.15, 0.2) is 0 Å². The zero-order chi connectivity index (χ0) is 14.2. The number of hydrogen-bond donors (Lipinski definition) is 2. The molecule has 2 aliphatic rings. The maximum absolute atomic E-state index is 12.4. The van der Waals surface area contributed by atoms with Crippen LogP contribution in [0.1, 0.15) is 20.3 Å². The number of β-amino-alcohol motifs (C(OH)–C–C–N with tert-alkyl or cyclic N) is 1. The molecule has 2 aliphatic heterocycles. The van der Waals surface area contributed by atoms with Gasteiger partial charge >= 0.3 is 12.0 Å². The number of carbonyl (C=O) groups is 2. The number of hydrogen-bond acceptors (Lipinski definition) is 4. The summed E-state index contributed by atoms with van der Waals surface area (Å²) in [4.78, 5) is 26.6. The molecule has 2 rings (SSSR count). The number of aliphatic carboxylic acids is 1. The topological polar surface area (TPSA) is 81.1 Å². The van der Waals surface area contributed by atoms with Crippen molar-refractivity contribution in [2.24, 2.45) is 0 Å². The van der Waals surface area contributed by atoms with E-state index in [1.807, 2.05) is 11.8 Å². The molecule has 2 unspecified atom stereocenters. The van der Waals surface area contributed by atoms with Crippen LogP contribution in [0.3, 0.4) is 0 Å². The fourth-order valence-corrected chi connectivity index (χ4v) is 4.10. The Morgan fingerprint density at radius 3 is 2.26 bits per heavy atom. The monoisotopic (exact) mass is 288 g/mol. The zero-order valence-electron chi connectivity index (χ0n) is 11.2. The third-order valence-corrected chi connectivity index (χ3v) is 4.73. The molecule has 7 heteroatoms. The normalized spacial score (nSPS) is 35.5. The van der Waals surface area contributed by atoms with Gasteiger partial charge in [0, 0.05) is 36.6 Å². The van der Waals surface area contributed by atoms with Gasteiger partial charge in [0.25, 0.3) is 0 Å². The third-order valence-electron chi connectivity index (χ3n) is 3.50. The molecule has 19 heavy (non-hydrogen) atoms. The van der Waals surface area contributed by atoms with Gasteiger partial charge in [-0.1, -0.05) is 13.8 Å². The minimum absolute atomic E-state index is 0.113. The molecule has 4 atom stereocenters. The number of carbonyl (C=O) groups excluding carboxylic acids is 1. The summed E-state index contributed by atoms with van der Waals surface area (Å²) in [5.41, 5.74) is 0. The number of likely N-dealkylation sites (tertiary alicyclic amines) is 1. The minimum Gasteiger partial charge on any atom is -0.480 e. The lowest BCUT2D eigenvalue weighted by Gasteiger charge is -2.37. The molecule has 2 amide bonds.